The van der Waals surface area contributed by atoms with E-state index in [4.69, 9.17) is 4.42 Å². The molecule has 0 amide bonds. The monoisotopic (exact) mass is 279 g/mol. The highest BCUT2D eigenvalue weighted by Gasteiger charge is 2.33. The lowest BCUT2D eigenvalue weighted by atomic mass is 10.1. The van der Waals surface area contributed by atoms with Gasteiger partial charge in [-0.1, -0.05) is 24.3 Å². The first kappa shape index (κ1) is 12.5. The van der Waals surface area contributed by atoms with Crippen LogP contribution >= 0.6 is 0 Å². The summed E-state index contributed by atoms with van der Waals surface area (Å²) in [4.78, 5) is 3.55. The Morgan fingerprint density at radius 3 is 2.50 bits per heavy atom. The fourth-order valence-electron chi connectivity index (χ4n) is 2.01. The molecule has 0 saturated carbocycles. The van der Waals surface area contributed by atoms with Gasteiger partial charge in [-0.05, 0) is 18.2 Å². The molecule has 0 atom stereocenters. The summed E-state index contributed by atoms with van der Waals surface area (Å²) in [6, 6.07) is 10.2. The van der Waals surface area contributed by atoms with E-state index in [2.05, 4.69) is 4.98 Å². The number of para-hydroxylation sites is 1. The normalized spacial score (nSPS) is 11.9. The molecule has 3 aromatic rings. The van der Waals surface area contributed by atoms with Gasteiger partial charge >= 0.3 is 6.18 Å². The second kappa shape index (κ2) is 4.26. The van der Waals surface area contributed by atoms with Crippen LogP contribution in [0.3, 0.4) is 0 Å². The largest absolute Gasteiger partial charge is 0.480 e. The average Bonchev–Trinajstić information content (AvgIpc) is 2.73. The Kier molecular flexibility index (Phi) is 2.67. The van der Waals surface area contributed by atoms with Crippen LogP contribution in [0.4, 0.5) is 13.2 Å². The van der Waals surface area contributed by atoms with Crippen molar-refractivity contribution in [1.29, 1.82) is 0 Å². The minimum atomic E-state index is -4.54. The van der Waals surface area contributed by atoms with E-state index >= 15 is 0 Å². The molecule has 0 aliphatic carbocycles. The van der Waals surface area contributed by atoms with Gasteiger partial charge in [0.1, 0.15) is 11.3 Å². The van der Waals surface area contributed by atoms with E-state index in [-0.39, 0.29) is 11.3 Å². The zero-order valence-corrected chi connectivity index (χ0v) is 9.98. The molecule has 2 heterocycles. The van der Waals surface area contributed by atoms with Crippen LogP contribution in [0, 0.1) is 0 Å². The van der Waals surface area contributed by atoms with Crippen LogP contribution < -0.4 is 0 Å². The van der Waals surface area contributed by atoms with Gasteiger partial charge in [-0.25, -0.2) is 4.98 Å². The molecule has 3 nitrogen and oxygen atoms in total. The molecule has 0 saturated heterocycles. The summed E-state index contributed by atoms with van der Waals surface area (Å²) in [7, 11) is 0. The molecule has 0 spiro atoms. The summed E-state index contributed by atoms with van der Waals surface area (Å²) >= 11 is 0. The number of furan rings is 1. The number of pyridine rings is 1. The van der Waals surface area contributed by atoms with E-state index in [1.165, 1.54) is 12.1 Å². The van der Waals surface area contributed by atoms with Crippen molar-refractivity contribution in [2.45, 2.75) is 6.18 Å². The van der Waals surface area contributed by atoms with Crippen molar-refractivity contribution in [2.24, 2.45) is 0 Å². The molecule has 1 N–H and O–H groups in total. The Morgan fingerprint density at radius 2 is 1.75 bits per heavy atom. The zero-order valence-electron chi connectivity index (χ0n) is 9.98. The summed E-state index contributed by atoms with van der Waals surface area (Å²) in [5, 5.41) is 10.3. The Balaban J connectivity index is 2.24. The van der Waals surface area contributed by atoms with Crippen molar-refractivity contribution in [2.75, 3.05) is 0 Å². The number of hydrogen-bond donors (Lipinski definition) is 1. The first-order valence-electron chi connectivity index (χ1n) is 5.72. The maximum Gasteiger partial charge on any atom is 0.433 e. The number of aromatic nitrogens is 1. The fraction of sp³-hybridized carbons (Fsp3) is 0.0714. The fourth-order valence-corrected chi connectivity index (χ4v) is 2.01. The van der Waals surface area contributed by atoms with E-state index in [0.717, 1.165) is 6.07 Å². The number of fused-ring (bicyclic) bond motifs is 1. The van der Waals surface area contributed by atoms with Crippen molar-refractivity contribution >= 4 is 11.0 Å². The second-order valence-corrected chi connectivity index (χ2v) is 4.18. The van der Waals surface area contributed by atoms with Crippen molar-refractivity contribution in [1.82, 2.24) is 4.98 Å². The van der Waals surface area contributed by atoms with Gasteiger partial charge in [0.2, 0.25) is 0 Å². The summed E-state index contributed by atoms with van der Waals surface area (Å²) in [5.74, 6) is -0.446. The first-order valence-corrected chi connectivity index (χ1v) is 5.72. The van der Waals surface area contributed by atoms with Crippen molar-refractivity contribution in [3.8, 4) is 17.2 Å². The van der Waals surface area contributed by atoms with Crippen molar-refractivity contribution in [3.63, 3.8) is 0 Å². The molecule has 6 heteroatoms. The Labute approximate surface area is 111 Å². The van der Waals surface area contributed by atoms with Crippen LogP contribution in [0.5, 0.6) is 5.95 Å². The quantitative estimate of drug-likeness (QED) is 0.725. The number of benzene rings is 1. The van der Waals surface area contributed by atoms with Gasteiger partial charge in [-0.2, -0.15) is 13.2 Å². The van der Waals surface area contributed by atoms with Gasteiger partial charge in [-0.15, -0.1) is 0 Å². The SMILES string of the molecule is Oc1oc2ccccc2c1-c1cccc(C(F)(F)F)n1. The molecule has 3 rings (SSSR count). The molecule has 0 bridgehead atoms. The minimum absolute atomic E-state index is 0.0160. The summed E-state index contributed by atoms with van der Waals surface area (Å²) in [6.45, 7) is 0. The molecule has 0 fully saturated rings. The van der Waals surface area contributed by atoms with E-state index in [9.17, 15) is 18.3 Å². The lowest BCUT2D eigenvalue weighted by Gasteiger charge is -2.07. The maximum absolute atomic E-state index is 12.7. The lowest BCUT2D eigenvalue weighted by molar-refractivity contribution is -0.141. The predicted octanol–water partition coefficient (Wildman–Crippen LogP) is 4.22. The molecule has 1 aromatic carbocycles. The van der Waals surface area contributed by atoms with Crippen LogP contribution in [0.25, 0.3) is 22.2 Å². The number of aromatic hydroxyl groups is 1. The van der Waals surface area contributed by atoms with Crippen LogP contribution in [-0.2, 0) is 6.18 Å². The van der Waals surface area contributed by atoms with E-state index in [1.807, 2.05) is 0 Å². The molecule has 0 radical (unpaired) electrons. The van der Waals surface area contributed by atoms with E-state index in [0.29, 0.717) is 11.0 Å². The Bertz CT molecular complexity index is 777. The molecule has 102 valence electrons. The molecular formula is C14H8F3NO2. The smallest absolute Gasteiger partial charge is 0.433 e. The highest BCUT2D eigenvalue weighted by Crippen LogP contribution is 2.39. The zero-order chi connectivity index (χ0) is 14.3. The number of rotatable bonds is 1. The van der Waals surface area contributed by atoms with Gasteiger partial charge in [-0.3, -0.25) is 0 Å². The van der Waals surface area contributed by atoms with Gasteiger partial charge in [0.15, 0.2) is 0 Å². The topological polar surface area (TPSA) is 46.3 Å². The third-order valence-electron chi connectivity index (χ3n) is 2.87. The molecule has 0 aliphatic heterocycles. The lowest BCUT2D eigenvalue weighted by Crippen LogP contribution is -2.07. The summed E-state index contributed by atoms with van der Waals surface area (Å²) in [5.41, 5.74) is -0.451. The standard InChI is InChI=1S/C14H8F3NO2/c15-14(16,17)11-7-3-5-9(18-11)12-8-4-1-2-6-10(8)20-13(12)19/h1-7,19H. The third-order valence-corrected chi connectivity index (χ3v) is 2.87. The van der Waals surface area contributed by atoms with E-state index in [1.54, 1.807) is 24.3 Å². The summed E-state index contributed by atoms with van der Waals surface area (Å²) < 4.78 is 43.1. The second-order valence-electron chi connectivity index (χ2n) is 4.18. The molecule has 0 unspecified atom stereocenters. The van der Waals surface area contributed by atoms with Gasteiger partial charge in [0, 0.05) is 5.39 Å². The van der Waals surface area contributed by atoms with Crippen LogP contribution in [0.15, 0.2) is 46.9 Å². The highest BCUT2D eigenvalue weighted by atomic mass is 19.4. The Hall–Kier alpha value is -2.50. The van der Waals surface area contributed by atoms with Crippen LogP contribution in [-0.4, -0.2) is 10.1 Å². The molecular weight excluding hydrogens is 271 g/mol. The molecule has 20 heavy (non-hydrogen) atoms. The average molecular weight is 279 g/mol. The molecule has 0 aliphatic rings. The predicted molar refractivity (Wildman–Crippen MR) is 66.1 cm³/mol. The van der Waals surface area contributed by atoms with Crippen LogP contribution in [0.1, 0.15) is 5.69 Å². The van der Waals surface area contributed by atoms with Gasteiger partial charge in [0.05, 0.1) is 11.3 Å². The number of nitrogens with zero attached hydrogens (tertiary/aromatic N) is 1. The number of alkyl halides is 3. The number of hydrogen-bond acceptors (Lipinski definition) is 3. The van der Waals surface area contributed by atoms with Crippen molar-refractivity contribution < 1.29 is 22.7 Å². The minimum Gasteiger partial charge on any atom is -0.480 e. The van der Waals surface area contributed by atoms with Crippen LogP contribution in [0.2, 0.25) is 0 Å². The Morgan fingerprint density at radius 1 is 1.00 bits per heavy atom. The van der Waals surface area contributed by atoms with E-state index < -0.39 is 17.8 Å². The number of halogens is 3. The summed E-state index contributed by atoms with van der Waals surface area (Å²) in [6.07, 6.45) is -4.54. The first-order chi connectivity index (χ1) is 9.47. The molecule has 2 aromatic heterocycles. The van der Waals surface area contributed by atoms with Crippen molar-refractivity contribution in [3.05, 3.63) is 48.2 Å². The third kappa shape index (κ3) is 1.99. The maximum atomic E-state index is 12.7. The highest BCUT2D eigenvalue weighted by molar-refractivity contribution is 5.96. The van der Waals surface area contributed by atoms with Gasteiger partial charge in [0.25, 0.3) is 5.95 Å². The van der Waals surface area contributed by atoms with Gasteiger partial charge < -0.3 is 9.52 Å².